The van der Waals surface area contributed by atoms with Gasteiger partial charge in [0.1, 0.15) is 5.75 Å². The van der Waals surface area contributed by atoms with Crippen molar-refractivity contribution in [2.24, 2.45) is 0 Å². The van der Waals surface area contributed by atoms with Gasteiger partial charge in [0.2, 0.25) is 10.0 Å². The monoisotopic (exact) mass is 396 g/mol. The zero-order chi connectivity index (χ0) is 18.0. The van der Waals surface area contributed by atoms with Crippen molar-refractivity contribution in [2.45, 2.75) is 50.2 Å². The van der Waals surface area contributed by atoms with Crippen LogP contribution in [-0.4, -0.2) is 14.5 Å². The van der Waals surface area contributed by atoms with Crippen molar-refractivity contribution in [3.8, 4) is 5.75 Å². The predicted octanol–water partition coefficient (Wildman–Crippen LogP) is 3.83. The van der Waals surface area contributed by atoms with Crippen LogP contribution in [0.15, 0.2) is 47.4 Å². The molecule has 26 heavy (non-hydrogen) atoms. The second-order valence-corrected chi connectivity index (χ2v) is 8.38. The van der Waals surface area contributed by atoms with E-state index in [1.165, 1.54) is 0 Å². The largest absolute Gasteiger partial charge is 0.491 e. The van der Waals surface area contributed by atoms with Crippen molar-refractivity contribution in [3.63, 3.8) is 0 Å². The van der Waals surface area contributed by atoms with E-state index in [1.807, 2.05) is 32.0 Å². The van der Waals surface area contributed by atoms with Crippen molar-refractivity contribution < 1.29 is 13.2 Å². The number of nitrogen functional groups attached to an aromatic ring is 1. The minimum atomic E-state index is -3.59. The third kappa shape index (κ3) is 4.69. The van der Waals surface area contributed by atoms with Crippen LogP contribution < -0.4 is 15.2 Å². The summed E-state index contributed by atoms with van der Waals surface area (Å²) >= 11 is 0. The number of hydrogen-bond acceptors (Lipinski definition) is 4. The second kappa shape index (κ2) is 8.29. The molecule has 5 nitrogen and oxygen atoms in total. The van der Waals surface area contributed by atoms with Gasteiger partial charge < -0.3 is 10.5 Å². The lowest BCUT2D eigenvalue weighted by molar-refractivity contribution is 0.242. The fourth-order valence-corrected chi connectivity index (χ4v) is 4.43. The third-order valence-electron chi connectivity index (χ3n) is 4.28. The molecule has 1 unspecified atom stereocenters. The van der Waals surface area contributed by atoms with Crippen LogP contribution >= 0.6 is 12.4 Å². The number of halogens is 1. The van der Waals surface area contributed by atoms with Crippen LogP contribution in [0.25, 0.3) is 0 Å². The molecule has 2 aromatic rings. The first-order valence-corrected chi connectivity index (χ1v) is 10.0. The maximum atomic E-state index is 12.7. The Morgan fingerprint density at radius 1 is 1.15 bits per heavy atom. The Morgan fingerprint density at radius 2 is 1.85 bits per heavy atom. The zero-order valence-corrected chi connectivity index (χ0v) is 16.6. The molecular weight excluding hydrogens is 372 g/mol. The average molecular weight is 397 g/mol. The summed E-state index contributed by atoms with van der Waals surface area (Å²) in [5, 5.41) is 0. The fourth-order valence-electron chi connectivity index (χ4n) is 3.18. The van der Waals surface area contributed by atoms with Crippen LogP contribution in [0.4, 0.5) is 5.69 Å². The third-order valence-corrected chi connectivity index (χ3v) is 5.77. The van der Waals surface area contributed by atoms with Crippen LogP contribution in [0.2, 0.25) is 0 Å². The van der Waals surface area contributed by atoms with Gasteiger partial charge in [-0.15, -0.1) is 12.4 Å². The number of ether oxygens (including phenoxy) is 1. The van der Waals surface area contributed by atoms with Crippen molar-refractivity contribution >= 4 is 28.1 Å². The maximum absolute atomic E-state index is 12.7. The van der Waals surface area contributed by atoms with Crippen LogP contribution in [-0.2, 0) is 16.4 Å². The highest BCUT2D eigenvalue weighted by molar-refractivity contribution is 7.89. The minimum Gasteiger partial charge on any atom is -0.491 e. The van der Waals surface area contributed by atoms with Gasteiger partial charge in [-0.25, -0.2) is 13.1 Å². The van der Waals surface area contributed by atoms with Gasteiger partial charge in [0.25, 0.3) is 0 Å². The van der Waals surface area contributed by atoms with E-state index in [4.69, 9.17) is 10.5 Å². The number of aryl methyl sites for hydroxylation is 1. The number of benzene rings is 2. The molecule has 0 saturated heterocycles. The molecule has 0 amide bonds. The number of hydrogen-bond donors (Lipinski definition) is 2. The topological polar surface area (TPSA) is 81.4 Å². The number of anilines is 1. The Morgan fingerprint density at radius 3 is 2.50 bits per heavy atom. The lowest BCUT2D eigenvalue weighted by Gasteiger charge is -2.26. The molecule has 0 aliphatic heterocycles. The molecule has 0 fully saturated rings. The molecule has 0 heterocycles. The molecule has 1 aliphatic rings. The summed E-state index contributed by atoms with van der Waals surface area (Å²) in [5.74, 6) is 0.660. The number of nitrogens with one attached hydrogen (secondary N) is 1. The summed E-state index contributed by atoms with van der Waals surface area (Å²) < 4.78 is 33.9. The number of nitrogens with two attached hydrogens (primary N) is 1. The van der Waals surface area contributed by atoms with Crippen LogP contribution in [0.3, 0.4) is 0 Å². The summed E-state index contributed by atoms with van der Waals surface area (Å²) in [6.45, 7) is 3.86. The van der Waals surface area contributed by atoms with Crippen LogP contribution in [0.5, 0.6) is 5.75 Å². The SMILES string of the molecule is CC(C)Oc1ccc(S(=O)(=O)NC2CCCc3cc(N)ccc32)cc1.Cl. The van der Waals surface area contributed by atoms with Crippen molar-refractivity contribution in [2.75, 3.05) is 5.73 Å². The van der Waals surface area contributed by atoms with Crippen LogP contribution in [0.1, 0.15) is 43.9 Å². The van der Waals surface area contributed by atoms with E-state index >= 15 is 0 Å². The molecule has 0 saturated carbocycles. The highest BCUT2D eigenvalue weighted by atomic mass is 35.5. The van der Waals surface area contributed by atoms with Crippen molar-refractivity contribution in [3.05, 3.63) is 53.6 Å². The van der Waals surface area contributed by atoms with Gasteiger partial charge in [-0.05, 0) is 80.6 Å². The van der Waals surface area contributed by atoms with Gasteiger partial charge in [-0.2, -0.15) is 0 Å². The first-order valence-electron chi connectivity index (χ1n) is 8.52. The first-order chi connectivity index (χ1) is 11.8. The van der Waals surface area contributed by atoms with E-state index < -0.39 is 10.0 Å². The molecule has 142 valence electrons. The van der Waals surface area contributed by atoms with E-state index in [1.54, 1.807) is 24.3 Å². The van der Waals surface area contributed by atoms with Gasteiger partial charge in [-0.1, -0.05) is 6.07 Å². The molecule has 1 atom stereocenters. The Balaban J connectivity index is 0.00000243. The number of fused-ring (bicyclic) bond motifs is 1. The number of rotatable bonds is 5. The molecule has 3 rings (SSSR count). The fraction of sp³-hybridized carbons (Fsp3) is 0.368. The van der Waals surface area contributed by atoms with Crippen LogP contribution in [0, 0.1) is 0 Å². The molecule has 0 aromatic heterocycles. The Hall–Kier alpha value is -1.76. The van der Waals surface area contributed by atoms with E-state index in [0.29, 0.717) is 11.4 Å². The Bertz CT molecular complexity index is 852. The Kier molecular flexibility index (Phi) is 6.55. The summed E-state index contributed by atoms with van der Waals surface area (Å²) in [7, 11) is -3.59. The molecule has 2 aromatic carbocycles. The predicted molar refractivity (Wildman–Crippen MR) is 106 cm³/mol. The summed E-state index contributed by atoms with van der Waals surface area (Å²) in [6, 6.07) is 12.0. The summed E-state index contributed by atoms with van der Waals surface area (Å²) in [5.41, 5.74) is 8.70. The molecule has 0 spiro atoms. The molecular formula is C19H25ClN2O3S. The smallest absolute Gasteiger partial charge is 0.241 e. The second-order valence-electron chi connectivity index (χ2n) is 6.66. The van der Waals surface area contributed by atoms with Gasteiger partial charge in [0.15, 0.2) is 0 Å². The molecule has 1 aliphatic carbocycles. The average Bonchev–Trinajstić information content (AvgIpc) is 2.54. The number of sulfonamides is 1. The standard InChI is InChI=1S/C19H24N2O3S.ClH/c1-13(2)24-16-7-9-17(10-8-16)25(22,23)21-19-5-3-4-14-12-15(20)6-11-18(14)19;/h6-13,19,21H,3-5,20H2,1-2H3;1H. The van der Waals surface area contributed by atoms with Gasteiger partial charge in [0, 0.05) is 11.7 Å². The molecule has 0 radical (unpaired) electrons. The van der Waals surface area contributed by atoms with Gasteiger partial charge in [0.05, 0.1) is 11.0 Å². The molecule has 3 N–H and O–H groups in total. The Labute approximate surface area is 161 Å². The minimum absolute atomic E-state index is 0. The van der Waals surface area contributed by atoms with Gasteiger partial charge >= 0.3 is 0 Å². The molecule has 0 bridgehead atoms. The van der Waals surface area contributed by atoms with E-state index in [0.717, 1.165) is 30.4 Å². The van der Waals surface area contributed by atoms with E-state index in [9.17, 15) is 8.42 Å². The quantitative estimate of drug-likeness (QED) is 0.752. The molecule has 7 heteroatoms. The first kappa shape index (κ1) is 20.6. The van der Waals surface area contributed by atoms with E-state index in [2.05, 4.69) is 4.72 Å². The zero-order valence-electron chi connectivity index (χ0n) is 14.9. The summed E-state index contributed by atoms with van der Waals surface area (Å²) in [4.78, 5) is 0.242. The highest BCUT2D eigenvalue weighted by Crippen LogP contribution is 2.32. The van der Waals surface area contributed by atoms with Gasteiger partial charge in [-0.3, -0.25) is 0 Å². The normalized spacial score (nSPS) is 16.7. The van der Waals surface area contributed by atoms with E-state index in [-0.39, 0.29) is 29.4 Å². The lowest BCUT2D eigenvalue weighted by atomic mass is 9.88. The highest BCUT2D eigenvalue weighted by Gasteiger charge is 2.25. The van der Waals surface area contributed by atoms with Crippen molar-refractivity contribution in [1.82, 2.24) is 4.72 Å². The summed E-state index contributed by atoms with van der Waals surface area (Å²) in [6.07, 6.45) is 2.70. The maximum Gasteiger partial charge on any atom is 0.241 e. The lowest BCUT2D eigenvalue weighted by Crippen LogP contribution is -2.31. The van der Waals surface area contributed by atoms with Crippen molar-refractivity contribution in [1.29, 1.82) is 0 Å².